The summed E-state index contributed by atoms with van der Waals surface area (Å²) in [6, 6.07) is 9.73. The van der Waals surface area contributed by atoms with Gasteiger partial charge in [0.1, 0.15) is 0 Å². The maximum absolute atomic E-state index is 3.60. The van der Waals surface area contributed by atoms with Gasteiger partial charge in [0.2, 0.25) is 0 Å². The Hall–Kier alpha value is -0.280. The summed E-state index contributed by atoms with van der Waals surface area (Å²) in [4.78, 5) is 2.59. The lowest BCUT2D eigenvalue weighted by Gasteiger charge is -2.23. The van der Waals surface area contributed by atoms with Crippen LogP contribution < -0.4 is 30.1 Å². The van der Waals surface area contributed by atoms with Crippen molar-refractivity contribution in [2.45, 2.75) is 45.7 Å². The second-order valence-corrected chi connectivity index (χ2v) is 5.23. The van der Waals surface area contributed by atoms with E-state index in [1.165, 1.54) is 37.1 Å². The standard InChI is InChI=1S/C16H26N2.2ClH/c1-3-14-7-9-15(10-8-14)12-17-13-16-6-5-11-18(16)4-2;;/h7-10,16-17H,3-6,11-13H2,1-2H3;2*1H/p-2. The van der Waals surface area contributed by atoms with E-state index >= 15 is 0 Å². The van der Waals surface area contributed by atoms with Crippen molar-refractivity contribution < 1.29 is 24.8 Å². The molecule has 1 aliphatic heterocycles. The van der Waals surface area contributed by atoms with Crippen molar-refractivity contribution >= 4 is 0 Å². The van der Waals surface area contributed by atoms with Gasteiger partial charge in [-0.05, 0) is 43.5 Å². The molecular formula is C16H26Cl2N2-2. The summed E-state index contributed by atoms with van der Waals surface area (Å²) < 4.78 is 0. The predicted octanol–water partition coefficient (Wildman–Crippen LogP) is -3.17. The van der Waals surface area contributed by atoms with E-state index in [9.17, 15) is 0 Å². The topological polar surface area (TPSA) is 15.3 Å². The Morgan fingerprint density at radius 1 is 1.10 bits per heavy atom. The Kier molecular flexibility index (Phi) is 10.3. The minimum Gasteiger partial charge on any atom is -1.00 e. The Balaban J connectivity index is 0.00000180. The molecule has 1 aromatic rings. The normalized spacial score (nSPS) is 18.4. The zero-order chi connectivity index (χ0) is 12.8. The van der Waals surface area contributed by atoms with Gasteiger partial charge in [-0.3, -0.25) is 4.90 Å². The first-order valence-corrected chi connectivity index (χ1v) is 7.36. The zero-order valence-electron chi connectivity index (χ0n) is 12.5. The first-order valence-electron chi connectivity index (χ1n) is 7.36. The molecule has 1 saturated heterocycles. The summed E-state index contributed by atoms with van der Waals surface area (Å²) in [6.07, 6.45) is 3.85. The highest BCUT2D eigenvalue weighted by Gasteiger charge is 2.21. The van der Waals surface area contributed by atoms with Crippen molar-refractivity contribution in [2.24, 2.45) is 0 Å². The number of hydrogen-bond donors (Lipinski definition) is 1. The molecule has 0 bridgehead atoms. The number of likely N-dealkylation sites (tertiary alicyclic amines) is 1. The average Bonchev–Trinajstić information content (AvgIpc) is 2.87. The minimum atomic E-state index is 0. The Morgan fingerprint density at radius 3 is 2.35 bits per heavy atom. The van der Waals surface area contributed by atoms with Crippen LogP contribution in [-0.2, 0) is 13.0 Å². The van der Waals surface area contributed by atoms with Gasteiger partial charge in [0, 0.05) is 19.1 Å². The third-order valence-electron chi connectivity index (χ3n) is 4.05. The van der Waals surface area contributed by atoms with Crippen LogP contribution in [0.2, 0.25) is 0 Å². The lowest BCUT2D eigenvalue weighted by molar-refractivity contribution is -0.001000. The van der Waals surface area contributed by atoms with E-state index < -0.39 is 0 Å². The highest BCUT2D eigenvalue weighted by Crippen LogP contribution is 2.15. The number of nitrogens with zero attached hydrogens (tertiary/aromatic N) is 1. The van der Waals surface area contributed by atoms with Crippen LogP contribution in [0.4, 0.5) is 0 Å². The summed E-state index contributed by atoms with van der Waals surface area (Å²) in [5.74, 6) is 0. The smallest absolute Gasteiger partial charge is 0.0221 e. The van der Waals surface area contributed by atoms with Gasteiger partial charge in [-0.15, -0.1) is 0 Å². The van der Waals surface area contributed by atoms with Crippen LogP contribution in [0.25, 0.3) is 0 Å². The number of halogens is 2. The molecule has 0 aliphatic carbocycles. The molecular weight excluding hydrogens is 291 g/mol. The fourth-order valence-corrected chi connectivity index (χ4v) is 2.82. The van der Waals surface area contributed by atoms with E-state index in [1.807, 2.05) is 0 Å². The van der Waals surface area contributed by atoms with Gasteiger partial charge in [-0.25, -0.2) is 0 Å². The molecule has 1 atom stereocenters. The molecule has 1 heterocycles. The molecule has 1 aliphatic rings. The number of benzene rings is 1. The summed E-state index contributed by atoms with van der Waals surface area (Å²) >= 11 is 0. The molecule has 0 spiro atoms. The van der Waals surface area contributed by atoms with E-state index in [2.05, 4.69) is 48.3 Å². The first-order chi connectivity index (χ1) is 8.83. The summed E-state index contributed by atoms with van der Waals surface area (Å²) in [5, 5.41) is 3.60. The van der Waals surface area contributed by atoms with Crippen LogP contribution >= 0.6 is 0 Å². The predicted molar refractivity (Wildman–Crippen MR) is 77.8 cm³/mol. The summed E-state index contributed by atoms with van der Waals surface area (Å²) in [7, 11) is 0. The van der Waals surface area contributed by atoms with Gasteiger partial charge in [0.05, 0.1) is 0 Å². The quantitative estimate of drug-likeness (QED) is 0.596. The van der Waals surface area contributed by atoms with E-state index in [4.69, 9.17) is 0 Å². The molecule has 4 heteroatoms. The van der Waals surface area contributed by atoms with Crippen molar-refractivity contribution in [3.05, 3.63) is 35.4 Å². The molecule has 1 aromatic carbocycles. The summed E-state index contributed by atoms with van der Waals surface area (Å²) in [5.41, 5.74) is 2.82. The second-order valence-electron chi connectivity index (χ2n) is 5.23. The Bertz CT molecular complexity index is 354. The van der Waals surface area contributed by atoms with Crippen molar-refractivity contribution in [1.82, 2.24) is 10.2 Å². The molecule has 20 heavy (non-hydrogen) atoms. The molecule has 0 radical (unpaired) electrons. The summed E-state index contributed by atoms with van der Waals surface area (Å²) in [6.45, 7) is 9.07. The van der Waals surface area contributed by atoms with E-state index in [-0.39, 0.29) is 24.8 Å². The van der Waals surface area contributed by atoms with Crippen molar-refractivity contribution in [2.75, 3.05) is 19.6 Å². The van der Waals surface area contributed by atoms with Crippen molar-refractivity contribution in [1.29, 1.82) is 0 Å². The lowest BCUT2D eigenvalue weighted by Crippen LogP contribution is -3.00. The molecule has 0 amide bonds. The van der Waals surface area contributed by atoms with Crippen molar-refractivity contribution in [3.63, 3.8) is 0 Å². The third kappa shape index (κ3) is 5.61. The van der Waals surface area contributed by atoms with E-state index in [0.29, 0.717) is 0 Å². The SMILES string of the molecule is CCc1ccc(CNCC2CCCN2CC)cc1.[Cl-].[Cl-]. The van der Waals surface area contributed by atoms with E-state index in [1.54, 1.807) is 0 Å². The number of rotatable bonds is 6. The number of aryl methyl sites for hydroxylation is 1. The Morgan fingerprint density at radius 2 is 1.75 bits per heavy atom. The average molecular weight is 317 g/mol. The first kappa shape index (κ1) is 19.7. The molecule has 0 saturated carbocycles. The molecule has 2 nitrogen and oxygen atoms in total. The number of nitrogens with one attached hydrogen (secondary N) is 1. The van der Waals surface area contributed by atoms with Gasteiger partial charge >= 0.3 is 0 Å². The van der Waals surface area contributed by atoms with Gasteiger partial charge in [-0.2, -0.15) is 0 Å². The monoisotopic (exact) mass is 316 g/mol. The second kappa shape index (κ2) is 10.4. The highest BCUT2D eigenvalue weighted by atomic mass is 35.5. The van der Waals surface area contributed by atoms with Gasteiger partial charge < -0.3 is 30.1 Å². The molecule has 2 rings (SSSR count). The highest BCUT2D eigenvalue weighted by molar-refractivity contribution is 5.22. The van der Waals surface area contributed by atoms with Gasteiger partial charge in [0.15, 0.2) is 0 Å². The largest absolute Gasteiger partial charge is 1.00 e. The molecule has 0 aromatic heterocycles. The van der Waals surface area contributed by atoms with Crippen LogP contribution in [0.15, 0.2) is 24.3 Å². The molecule has 116 valence electrons. The molecule has 1 N–H and O–H groups in total. The van der Waals surface area contributed by atoms with E-state index in [0.717, 1.165) is 25.6 Å². The number of likely N-dealkylation sites (N-methyl/N-ethyl adjacent to an activating group) is 1. The van der Waals surface area contributed by atoms with Crippen LogP contribution in [-0.4, -0.2) is 30.6 Å². The maximum atomic E-state index is 3.60. The number of hydrogen-bond acceptors (Lipinski definition) is 2. The van der Waals surface area contributed by atoms with Crippen LogP contribution in [0, 0.1) is 0 Å². The van der Waals surface area contributed by atoms with Crippen LogP contribution in [0.5, 0.6) is 0 Å². The van der Waals surface area contributed by atoms with Gasteiger partial charge in [0.25, 0.3) is 0 Å². The van der Waals surface area contributed by atoms with Gasteiger partial charge in [-0.1, -0.05) is 38.1 Å². The fraction of sp³-hybridized carbons (Fsp3) is 0.625. The fourth-order valence-electron chi connectivity index (χ4n) is 2.82. The Labute approximate surface area is 136 Å². The lowest BCUT2D eigenvalue weighted by atomic mass is 10.1. The van der Waals surface area contributed by atoms with Crippen LogP contribution in [0.1, 0.15) is 37.8 Å². The van der Waals surface area contributed by atoms with Crippen molar-refractivity contribution in [3.8, 4) is 0 Å². The van der Waals surface area contributed by atoms with Crippen LogP contribution in [0.3, 0.4) is 0 Å². The molecule has 1 unspecified atom stereocenters. The molecule has 1 fully saturated rings. The minimum absolute atomic E-state index is 0. The maximum Gasteiger partial charge on any atom is 0.0221 e. The third-order valence-corrected chi connectivity index (χ3v) is 4.05. The zero-order valence-corrected chi connectivity index (χ0v) is 14.1.